The molecule has 0 aliphatic carbocycles. The van der Waals surface area contributed by atoms with Crippen LogP contribution in [-0.4, -0.2) is 43.8 Å². The van der Waals surface area contributed by atoms with E-state index in [-0.39, 0.29) is 10.5 Å². The monoisotopic (exact) mass is 404 g/mol. The van der Waals surface area contributed by atoms with Gasteiger partial charge in [0, 0.05) is 17.6 Å². The Labute approximate surface area is 143 Å². The minimum absolute atomic E-state index is 0.0151. The molecule has 0 spiro atoms. The molecule has 0 bridgehead atoms. The first-order valence-electron chi connectivity index (χ1n) is 7.03. The number of carbonyl (C=O) groups excluding carboxylic acids is 2. The molecular formula is C14H17BrN2O5S. The van der Waals surface area contributed by atoms with Crippen molar-refractivity contribution in [3.05, 3.63) is 28.2 Å². The van der Waals surface area contributed by atoms with Crippen LogP contribution in [-0.2, 0) is 19.6 Å². The highest BCUT2D eigenvalue weighted by Crippen LogP contribution is 2.26. The second kappa shape index (κ2) is 6.98. The Balaban J connectivity index is 2.32. The molecule has 1 saturated heterocycles. The smallest absolute Gasteiger partial charge is 0.340 e. The van der Waals surface area contributed by atoms with Crippen LogP contribution in [0.5, 0.6) is 0 Å². The number of amides is 1. The number of hydrogen-bond donors (Lipinski definition) is 1. The zero-order chi connectivity index (χ0) is 17.2. The highest BCUT2D eigenvalue weighted by Gasteiger charge is 2.29. The zero-order valence-electron chi connectivity index (χ0n) is 12.5. The van der Waals surface area contributed by atoms with Gasteiger partial charge < -0.3 is 10.5 Å². The predicted octanol–water partition coefficient (Wildman–Crippen LogP) is 1.26. The predicted molar refractivity (Wildman–Crippen MR) is 86.2 cm³/mol. The van der Waals surface area contributed by atoms with Crippen molar-refractivity contribution in [3.63, 3.8) is 0 Å². The Bertz CT molecular complexity index is 729. The lowest BCUT2D eigenvalue weighted by molar-refractivity contribution is -0.125. The molecule has 1 atom stereocenters. The van der Waals surface area contributed by atoms with Crippen LogP contribution in [0.15, 0.2) is 27.6 Å². The molecular weight excluding hydrogens is 388 g/mol. The van der Waals surface area contributed by atoms with Crippen molar-refractivity contribution in [1.29, 1.82) is 0 Å². The first-order valence-corrected chi connectivity index (χ1v) is 9.27. The summed E-state index contributed by atoms with van der Waals surface area (Å²) in [4.78, 5) is 23.1. The van der Waals surface area contributed by atoms with E-state index in [0.29, 0.717) is 17.6 Å². The highest BCUT2D eigenvalue weighted by atomic mass is 79.9. The second-order valence-electron chi connectivity index (χ2n) is 5.20. The topological polar surface area (TPSA) is 107 Å². The first kappa shape index (κ1) is 17.9. The molecule has 1 aliphatic heterocycles. The normalized spacial score (nSPS) is 17.0. The van der Waals surface area contributed by atoms with Crippen molar-refractivity contribution in [2.75, 3.05) is 13.1 Å². The van der Waals surface area contributed by atoms with Crippen molar-refractivity contribution in [3.8, 4) is 0 Å². The minimum Gasteiger partial charge on any atom is -0.449 e. The lowest BCUT2D eigenvalue weighted by atomic mass is 10.2. The van der Waals surface area contributed by atoms with E-state index in [1.54, 1.807) is 0 Å². The van der Waals surface area contributed by atoms with Gasteiger partial charge in [-0.05, 0) is 53.9 Å². The van der Waals surface area contributed by atoms with E-state index in [4.69, 9.17) is 10.5 Å². The van der Waals surface area contributed by atoms with Gasteiger partial charge in [0.15, 0.2) is 6.10 Å². The summed E-state index contributed by atoms with van der Waals surface area (Å²) < 4.78 is 31.8. The van der Waals surface area contributed by atoms with E-state index in [1.165, 1.54) is 29.4 Å². The maximum atomic E-state index is 12.5. The summed E-state index contributed by atoms with van der Waals surface area (Å²) in [7, 11) is -3.64. The maximum Gasteiger partial charge on any atom is 0.340 e. The molecule has 1 fully saturated rings. The minimum atomic E-state index is -3.64. The summed E-state index contributed by atoms with van der Waals surface area (Å²) >= 11 is 3.18. The summed E-state index contributed by atoms with van der Waals surface area (Å²) in [5.74, 6) is -1.60. The molecule has 1 heterocycles. The van der Waals surface area contributed by atoms with Crippen LogP contribution in [0.1, 0.15) is 30.1 Å². The molecule has 126 valence electrons. The quantitative estimate of drug-likeness (QED) is 0.743. The Morgan fingerprint density at radius 1 is 1.30 bits per heavy atom. The molecule has 1 aromatic rings. The molecule has 1 aromatic carbocycles. The average Bonchev–Trinajstić information content (AvgIpc) is 3.02. The van der Waals surface area contributed by atoms with Gasteiger partial charge in [0.1, 0.15) is 0 Å². The average molecular weight is 405 g/mol. The largest absolute Gasteiger partial charge is 0.449 e. The summed E-state index contributed by atoms with van der Waals surface area (Å²) in [6.45, 7) is 2.28. The number of carbonyl (C=O) groups is 2. The van der Waals surface area contributed by atoms with E-state index >= 15 is 0 Å². The molecule has 0 aromatic heterocycles. The van der Waals surface area contributed by atoms with E-state index in [2.05, 4.69) is 15.9 Å². The fourth-order valence-corrected chi connectivity index (χ4v) is 4.13. The van der Waals surface area contributed by atoms with Crippen LogP contribution in [0.4, 0.5) is 0 Å². The lowest BCUT2D eigenvalue weighted by Crippen LogP contribution is -2.31. The molecule has 0 saturated carbocycles. The van der Waals surface area contributed by atoms with Gasteiger partial charge in [0.25, 0.3) is 5.91 Å². The van der Waals surface area contributed by atoms with Crippen LogP contribution in [0, 0.1) is 0 Å². The summed E-state index contributed by atoms with van der Waals surface area (Å²) in [6.07, 6.45) is 0.537. The van der Waals surface area contributed by atoms with Gasteiger partial charge in [-0.2, -0.15) is 4.31 Å². The molecule has 9 heteroatoms. The fraction of sp³-hybridized carbons (Fsp3) is 0.429. The van der Waals surface area contributed by atoms with Gasteiger partial charge in [-0.15, -0.1) is 0 Å². The van der Waals surface area contributed by atoms with Crippen LogP contribution >= 0.6 is 15.9 Å². The van der Waals surface area contributed by atoms with Gasteiger partial charge in [-0.25, -0.2) is 13.2 Å². The number of esters is 1. The van der Waals surface area contributed by atoms with Gasteiger partial charge in [-0.3, -0.25) is 4.79 Å². The number of rotatable bonds is 5. The third kappa shape index (κ3) is 3.91. The van der Waals surface area contributed by atoms with Crippen molar-refractivity contribution in [1.82, 2.24) is 4.31 Å². The Kier molecular flexibility index (Phi) is 5.43. The van der Waals surface area contributed by atoms with Crippen LogP contribution in [0.25, 0.3) is 0 Å². The number of sulfonamides is 1. The summed E-state index contributed by atoms with van der Waals surface area (Å²) in [5, 5.41) is 0. The Morgan fingerprint density at radius 3 is 2.48 bits per heavy atom. The number of primary amides is 1. The van der Waals surface area contributed by atoms with Crippen LogP contribution < -0.4 is 5.73 Å². The molecule has 23 heavy (non-hydrogen) atoms. The van der Waals surface area contributed by atoms with Crippen LogP contribution in [0.3, 0.4) is 0 Å². The highest BCUT2D eigenvalue weighted by molar-refractivity contribution is 9.10. The number of nitrogens with zero attached hydrogens (tertiary/aromatic N) is 1. The van der Waals surface area contributed by atoms with Crippen molar-refractivity contribution >= 4 is 37.8 Å². The van der Waals surface area contributed by atoms with E-state index in [1.807, 2.05) is 0 Å². The number of halogens is 1. The zero-order valence-corrected chi connectivity index (χ0v) is 14.9. The van der Waals surface area contributed by atoms with Gasteiger partial charge in [0.05, 0.1) is 10.5 Å². The molecule has 2 N–H and O–H groups in total. The number of hydrogen-bond acceptors (Lipinski definition) is 5. The first-order chi connectivity index (χ1) is 10.7. The van der Waals surface area contributed by atoms with Crippen LogP contribution in [0.2, 0.25) is 0 Å². The third-order valence-electron chi connectivity index (χ3n) is 3.55. The number of ether oxygens (including phenoxy) is 1. The van der Waals surface area contributed by atoms with Crippen molar-refractivity contribution in [2.45, 2.75) is 30.8 Å². The van der Waals surface area contributed by atoms with Crippen molar-refractivity contribution in [2.24, 2.45) is 5.73 Å². The lowest BCUT2D eigenvalue weighted by Gasteiger charge is -2.17. The Morgan fingerprint density at radius 2 is 1.91 bits per heavy atom. The third-order valence-corrected chi connectivity index (χ3v) is 6.13. The number of nitrogens with two attached hydrogens (primary N) is 1. The van der Waals surface area contributed by atoms with E-state index in [9.17, 15) is 18.0 Å². The molecule has 0 unspecified atom stereocenters. The van der Waals surface area contributed by atoms with E-state index < -0.39 is 28.0 Å². The molecule has 7 nitrogen and oxygen atoms in total. The summed E-state index contributed by atoms with van der Waals surface area (Å²) in [6, 6.07) is 4.13. The van der Waals surface area contributed by atoms with Gasteiger partial charge >= 0.3 is 5.97 Å². The van der Waals surface area contributed by atoms with E-state index in [0.717, 1.165) is 12.8 Å². The maximum absolute atomic E-state index is 12.5. The summed E-state index contributed by atoms with van der Waals surface area (Å²) in [5.41, 5.74) is 5.08. The number of benzene rings is 1. The molecule has 0 radical (unpaired) electrons. The fourth-order valence-electron chi connectivity index (χ4n) is 2.18. The molecule has 2 rings (SSSR count). The SMILES string of the molecule is C[C@@H](OC(=O)c1cc(S(=O)(=O)N2CCCC2)ccc1Br)C(N)=O. The van der Waals surface area contributed by atoms with Crippen molar-refractivity contribution < 1.29 is 22.7 Å². The van der Waals surface area contributed by atoms with Gasteiger partial charge in [0.2, 0.25) is 10.0 Å². The van der Waals surface area contributed by atoms with Gasteiger partial charge in [-0.1, -0.05) is 0 Å². The molecule has 1 amide bonds. The standard InChI is InChI=1S/C14H17BrN2O5S/c1-9(13(16)18)22-14(19)11-8-10(4-5-12(11)15)23(20,21)17-6-2-3-7-17/h4-5,8-9H,2-3,6-7H2,1H3,(H2,16,18)/t9-/m1/s1. The second-order valence-corrected chi connectivity index (χ2v) is 8.00. The molecule has 1 aliphatic rings. The Hall–Kier alpha value is -1.45.